The minimum atomic E-state index is 0.342. The highest BCUT2D eigenvalue weighted by Gasteiger charge is 2.15. The lowest BCUT2D eigenvalue weighted by molar-refractivity contribution is 0.262. The first kappa shape index (κ1) is 12.2. The summed E-state index contributed by atoms with van der Waals surface area (Å²) in [6.07, 6.45) is 0. The summed E-state index contributed by atoms with van der Waals surface area (Å²) in [4.78, 5) is 2.29. The molecule has 0 aliphatic rings. The molecule has 1 rings (SSSR count). The number of hydrogen-bond donors (Lipinski definition) is 1. The Kier molecular flexibility index (Phi) is 4.30. The Morgan fingerprint density at radius 1 is 1.33 bits per heavy atom. The molecule has 0 aromatic heterocycles. The summed E-state index contributed by atoms with van der Waals surface area (Å²) in [6.45, 7) is 8.14. The van der Waals surface area contributed by atoms with Gasteiger partial charge in [-0.3, -0.25) is 4.90 Å². The number of nitrogens with two attached hydrogens (primary N) is 1. The number of nitrogens with zero attached hydrogens (tertiary/aromatic N) is 1. The van der Waals surface area contributed by atoms with Crippen LogP contribution in [0.25, 0.3) is 0 Å². The second-order valence-electron chi connectivity index (χ2n) is 4.18. The van der Waals surface area contributed by atoms with Gasteiger partial charge in [-0.15, -0.1) is 0 Å². The van der Waals surface area contributed by atoms with E-state index < -0.39 is 0 Å². The van der Waals surface area contributed by atoms with E-state index in [1.165, 1.54) is 16.7 Å². The van der Waals surface area contributed by atoms with E-state index in [1.807, 2.05) is 0 Å². The van der Waals surface area contributed by atoms with Crippen molar-refractivity contribution in [2.75, 3.05) is 20.1 Å². The molecule has 0 saturated carbocycles. The number of likely N-dealkylation sites (N-methyl/N-ethyl adjacent to an activating group) is 1. The van der Waals surface area contributed by atoms with Crippen molar-refractivity contribution in [1.82, 2.24) is 4.90 Å². The highest BCUT2D eigenvalue weighted by Crippen LogP contribution is 2.22. The van der Waals surface area contributed by atoms with Crippen LogP contribution in [0.5, 0.6) is 0 Å². The lowest BCUT2D eigenvalue weighted by Gasteiger charge is -2.27. The fraction of sp³-hybridized carbons (Fsp3) is 0.538. The Morgan fingerprint density at radius 2 is 2.00 bits per heavy atom. The van der Waals surface area contributed by atoms with Gasteiger partial charge < -0.3 is 5.73 Å². The molecule has 84 valence electrons. The summed E-state index contributed by atoms with van der Waals surface area (Å²) in [6, 6.07) is 6.92. The Bertz CT molecular complexity index is 320. The second-order valence-corrected chi connectivity index (χ2v) is 4.18. The van der Waals surface area contributed by atoms with E-state index in [2.05, 4.69) is 50.9 Å². The third-order valence-corrected chi connectivity index (χ3v) is 3.05. The second kappa shape index (κ2) is 5.29. The smallest absolute Gasteiger partial charge is 0.0470 e. The highest BCUT2D eigenvalue weighted by atomic mass is 15.1. The first-order chi connectivity index (χ1) is 7.10. The lowest BCUT2D eigenvalue weighted by atomic mass is 9.98. The van der Waals surface area contributed by atoms with Crippen LogP contribution in [0.3, 0.4) is 0 Å². The number of benzene rings is 1. The molecule has 1 aromatic rings. The van der Waals surface area contributed by atoms with E-state index >= 15 is 0 Å². The minimum absolute atomic E-state index is 0.342. The quantitative estimate of drug-likeness (QED) is 0.818. The third-order valence-electron chi connectivity index (χ3n) is 3.05. The van der Waals surface area contributed by atoms with E-state index in [0.29, 0.717) is 12.6 Å². The molecule has 1 atom stereocenters. The summed E-state index contributed by atoms with van der Waals surface area (Å²) in [5, 5.41) is 0. The van der Waals surface area contributed by atoms with Gasteiger partial charge in [0.1, 0.15) is 0 Å². The van der Waals surface area contributed by atoms with Gasteiger partial charge in [-0.25, -0.2) is 0 Å². The predicted octanol–water partition coefficient (Wildman–Crippen LogP) is 2.25. The molecule has 0 saturated heterocycles. The molecule has 1 aromatic carbocycles. The number of hydrogen-bond acceptors (Lipinski definition) is 2. The normalized spacial score (nSPS) is 13.2. The molecule has 0 aliphatic carbocycles. The van der Waals surface area contributed by atoms with E-state index in [1.54, 1.807) is 0 Å². The molecule has 0 fully saturated rings. The molecule has 0 amide bonds. The van der Waals surface area contributed by atoms with Crippen LogP contribution in [0.15, 0.2) is 18.2 Å². The first-order valence-electron chi connectivity index (χ1n) is 5.57. The Hall–Kier alpha value is -0.860. The van der Waals surface area contributed by atoms with Crippen molar-refractivity contribution >= 4 is 0 Å². The zero-order valence-corrected chi connectivity index (χ0v) is 10.2. The predicted molar refractivity (Wildman–Crippen MR) is 66.0 cm³/mol. The minimum Gasteiger partial charge on any atom is -0.329 e. The van der Waals surface area contributed by atoms with E-state index in [4.69, 9.17) is 5.73 Å². The SMILES string of the molecule is CCN(C)C(CN)c1cc(C)ccc1C. The van der Waals surface area contributed by atoms with E-state index in [9.17, 15) is 0 Å². The fourth-order valence-corrected chi connectivity index (χ4v) is 1.88. The molecule has 0 radical (unpaired) electrons. The average molecular weight is 206 g/mol. The monoisotopic (exact) mass is 206 g/mol. The largest absolute Gasteiger partial charge is 0.329 e. The maximum atomic E-state index is 5.86. The molecule has 0 heterocycles. The lowest BCUT2D eigenvalue weighted by Crippen LogP contribution is -2.30. The highest BCUT2D eigenvalue weighted by molar-refractivity contribution is 5.33. The van der Waals surface area contributed by atoms with Crippen LogP contribution in [-0.2, 0) is 0 Å². The standard InChI is InChI=1S/C13H22N2/c1-5-15(4)13(9-14)12-8-10(2)6-7-11(12)3/h6-8,13H,5,9,14H2,1-4H3. The van der Waals surface area contributed by atoms with Crippen LogP contribution < -0.4 is 5.73 Å². The summed E-state index contributed by atoms with van der Waals surface area (Å²) < 4.78 is 0. The molecule has 0 spiro atoms. The topological polar surface area (TPSA) is 29.3 Å². The zero-order chi connectivity index (χ0) is 11.4. The van der Waals surface area contributed by atoms with Gasteiger partial charge in [0.25, 0.3) is 0 Å². The third kappa shape index (κ3) is 2.80. The van der Waals surface area contributed by atoms with Gasteiger partial charge >= 0.3 is 0 Å². The molecular formula is C13H22N2. The zero-order valence-electron chi connectivity index (χ0n) is 10.2. The van der Waals surface area contributed by atoms with Crippen molar-refractivity contribution in [3.63, 3.8) is 0 Å². The summed E-state index contributed by atoms with van der Waals surface area (Å²) >= 11 is 0. The van der Waals surface area contributed by atoms with Crippen LogP contribution in [0, 0.1) is 13.8 Å². The van der Waals surface area contributed by atoms with E-state index in [-0.39, 0.29) is 0 Å². The van der Waals surface area contributed by atoms with Gasteiger partial charge in [-0.1, -0.05) is 30.7 Å². The van der Waals surface area contributed by atoms with Crippen molar-refractivity contribution in [3.05, 3.63) is 34.9 Å². The molecule has 2 nitrogen and oxygen atoms in total. The maximum Gasteiger partial charge on any atom is 0.0470 e. The van der Waals surface area contributed by atoms with Crippen LogP contribution in [0.1, 0.15) is 29.7 Å². The summed E-state index contributed by atoms with van der Waals surface area (Å²) in [7, 11) is 2.12. The van der Waals surface area contributed by atoms with Crippen LogP contribution in [0.2, 0.25) is 0 Å². The fourth-order valence-electron chi connectivity index (χ4n) is 1.88. The summed E-state index contributed by atoms with van der Waals surface area (Å²) in [5.74, 6) is 0. The van der Waals surface area contributed by atoms with Crippen molar-refractivity contribution < 1.29 is 0 Å². The van der Waals surface area contributed by atoms with E-state index in [0.717, 1.165) is 6.54 Å². The van der Waals surface area contributed by atoms with Crippen molar-refractivity contribution in [1.29, 1.82) is 0 Å². The van der Waals surface area contributed by atoms with Crippen molar-refractivity contribution in [2.45, 2.75) is 26.8 Å². The van der Waals surface area contributed by atoms with Gasteiger partial charge in [-0.05, 0) is 38.6 Å². The van der Waals surface area contributed by atoms with Gasteiger partial charge in [0.2, 0.25) is 0 Å². The maximum absolute atomic E-state index is 5.86. The molecule has 0 aliphatic heterocycles. The van der Waals surface area contributed by atoms with Crippen LogP contribution in [0.4, 0.5) is 0 Å². The van der Waals surface area contributed by atoms with Crippen molar-refractivity contribution in [3.8, 4) is 0 Å². The molecule has 1 unspecified atom stereocenters. The first-order valence-corrected chi connectivity index (χ1v) is 5.57. The van der Waals surface area contributed by atoms with Gasteiger partial charge in [0.15, 0.2) is 0 Å². The van der Waals surface area contributed by atoms with Gasteiger partial charge in [-0.2, -0.15) is 0 Å². The molecule has 2 N–H and O–H groups in total. The van der Waals surface area contributed by atoms with Crippen LogP contribution in [-0.4, -0.2) is 25.0 Å². The Balaban J connectivity index is 3.05. The molecule has 15 heavy (non-hydrogen) atoms. The molecule has 0 bridgehead atoms. The average Bonchev–Trinajstić information content (AvgIpc) is 2.23. The Morgan fingerprint density at radius 3 is 2.53 bits per heavy atom. The summed E-state index contributed by atoms with van der Waals surface area (Å²) in [5.41, 5.74) is 9.86. The van der Waals surface area contributed by atoms with Gasteiger partial charge in [0, 0.05) is 12.6 Å². The molecular weight excluding hydrogens is 184 g/mol. The number of rotatable bonds is 4. The van der Waals surface area contributed by atoms with Crippen LogP contribution >= 0.6 is 0 Å². The Labute approximate surface area is 93.1 Å². The number of aryl methyl sites for hydroxylation is 2. The van der Waals surface area contributed by atoms with Crippen molar-refractivity contribution in [2.24, 2.45) is 5.73 Å². The molecule has 2 heteroatoms. The van der Waals surface area contributed by atoms with Gasteiger partial charge in [0.05, 0.1) is 0 Å².